The van der Waals surface area contributed by atoms with Gasteiger partial charge in [0.25, 0.3) is 11.5 Å². The maximum Gasteiger partial charge on any atom is 0.258 e. The van der Waals surface area contributed by atoms with Crippen molar-refractivity contribution in [2.75, 3.05) is 11.6 Å². The molecule has 1 aromatic carbocycles. The molecule has 1 saturated carbocycles. The number of benzene rings is 1. The van der Waals surface area contributed by atoms with Crippen molar-refractivity contribution in [2.45, 2.75) is 23.7 Å². The second-order valence-electron chi connectivity index (χ2n) is 7.36. The minimum atomic E-state index is -3.46. The van der Waals surface area contributed by atoms with Gasteiger partial charge in [0.05, 0.1) is 10.5 Å². The molecule has 1 fully saturated rings. The largest absolute Gasteiger partial charge is 0.322 e. The van der Waals surface area contributed by atoms with E-state index >= 15 is 0 Å². The fraction of sp³-hybridized carbons (Fsp3) is 0.190. The molecule has 7 nitrogen and oxygen atoms in total. The van der Waals surface area contributed by atoms with E-state index in [9.17, 15) is 18.0 Å². The topological polar surface area (TPSA) is 98.1 Å². The Bertz CT molecular complexity index is 1350. The maximum absolute atomic E-state index is 13.1. The van der Waals surface area contributed by atoms with Gasteiger partial charge in [-0.25, -0.2) is 13.4 Å². The number of sulfone groups is 1. The zero-order valence-corrected chi connectivity index (χ0v) is 18.6. The third-order valence-electron chi connectivity index (χ3n) is 4.87. The van der Waals surface area contributed by atoms with E-state index in [0.29, 0.717) is 16.9 Å². The molecule has 2 heterocycles. The van der Waals surface area contributed by atoms with Crippen molar-refractivity contribution < 1.29 is 13.2 Å². The first-order valence-corrected chi connectivity index (χ1v) is 12.0. The van der Waals surface area contributed by atoms with Gasteiger partial charge in [0.2, 0.25) is 0 Å². The average molecular weight is 478 g/mol. The van der Waals surface area contributed by atoms with Gasteiger partial charge >= 0.3 is 0 Å². The predicted molar refractivity (Wildman–Crippen MR) is 119 cm³/mol. The van der Waals surface area contributed by atoms with Crippen LogP contribution in [0.4, 0.5) is 5.69 Å². The first-order chi connectivity index (χ1) is 14.6. The minimum Gasteiger partial charge on any atom is -0.322 e. The highest BCUT2D eigenvalue weighted by Crippen LogP contribution is 2.38. The fourth-order valence-electron chi connectivity index (χ4n) is 3.21. The lowest BCUT2D eigenvalue weighted by atomic mass is 10.1. The molecule has 1 aliphatic carbocycles. The third-order valence-corrected chi connectivity index (χ3v) is 6.37. The van der Waals surface area contributed by atoms with Crippen LogP contribution in [0.5, 0.6) is 0 Å². The molecular formula is C21H17Cl2N3O4S. The number of nitrogens with zero attached hydrogens (tertiary/aromatic N) is 2. The van der Waals surface area contributed by atoms with Crippen LogP contribution in [0.25, 0.3) is 5.69 Å². The normalized spacial score (nSPS) is 13.8. The molecule has 160 valence electrons. The Kier molecular flexibility index (Phi) is 5.63. The highest BCUT2D eigenvalue weighted by Gasteiger charge is 2.28. The van der Waals surface area contributed by atoms with E-state index in [1.807, 2.05) is 0 Å². The quantitative estimate of drug-likeness (QED) is 0.558. The summed E-state index contributed by atoms with van der Waals surface area (Å²) in [4.78, 5) is 29.9. The van der Waals surface area contributed by atoms with Crippen LogP contribution >= 0.6 is 23.2 Å². The van der Waals surface area contributed by atoms with E-state index < -0.39 is 15.7 Å². The lowest BCUT2D eigenvalue weighted by Crippen LogP contribution is -2.25. The number of carbonyl (C=O) groups is 1. The Hall–Kier alpha value is -2.68. The molecule has 0 bridgehead atoms. The lowest BCUT2D eigenvalue weighted by molar-refractivity contribution is 0.102. The summed E-state index contributed by atoms with van der Waals surface area (Å²) < 4.78 is 25.2. The number of rotatable bonds is 5. The molecule has 0 spiro atoms. The monoisotopic (exact) mass is 477 g/mol. The van der Waals surface area contributed by atoms with Crippen LogP contribution in [0.15, 0.2) is 58.4 Å². The molecule has 4 rings (SSSR count). The van der Waals surface area contributed by atoms with Crippen LogP contribution in [0.2, 0.25) is 10.3 Å². The molecule has 31 heavy (non-hydrogen) atoms. The smallest absolute Gasteiger partial charge is 0.258 e. The van der Waals surface area contributed by atoms with Gasteiger partial charge in [0, 0.05) is 29.4 Å². The maximum atomic E-state index is 13.1. The molecule has 1 N–H and O–H groups in total. The Morgan fingerprint density at radius 2 is 1.81 bits per heavy atom. The van der Waals surface area contributed by atoms with Crippen molar-refractivity contribution in [3.63, 3.8) is 0 Å². The molecule has 3 aromatic rings. The van der Waals surface area contributed by atoms with Crippen LogP contribution in [-0.2, 0) is 9.84 Å². The zero-order chi connectivity index (χ0) is 22.3. The van der Waals surface area contributed by atoms with Gasteiger partial charge in [-0.2, -0.15) is 0 Å². The van der Waals surface area contributed by atoms with Crippen LogP contribution in [0.3, 0.4) is 0 Å². The molecule has 1 aliphatic rings. The highest BCUT2D eigenvalue weighted by molar-refractivity contribution is 7.90. The third kappa shape index (κ3) is 4.81. The number of nitrogens with one attached hydrogen (secondary N) is 1. The van der Waals surface area contributed by atoms with Gasteiger partial charge in [0.1, 0.15) is 10.3 Å². The summed E-state index contributed by atoms with van der Waals surface area (Å²) in [6.45, 7) is 0. The summed E-state index contributed by atoms with van der Waals surface area (Å²) >= 11 is 11.8. The summed E-state index contributed by atoms with van der Waals surface area (Å²) in [5.41, 5.74) is 1.21. The van der Waals surface area contributed by atoms with Crippen LogP contribution in [0.1, 0.15) is 34.7 Å². The fourth-order valence-corrected chi connectivity index (χ4v) is 4.33. The van der Waals surface area contributed by atoms with E-state index in [-0.39, 0.29) is 32.2 Å². The van der Waals surface area contributed by atoms with Crippen molar-refractivity contribution in [3.05, 3.63) is 80.4 Å². The lowest BCUT2D eigenvalue weighted by Gasteiger charge is -2.13. The van der Waals surface area contributed by atoms with E-state index in [1.54, 1.807) is 18.2 Å². The van der Waals surface area contributed by atoms with Gasteiger partial charge in [-0.15, -0.1) is 0 Å². The van der Waals surface area contributed by atoms with Gasteiger partial charge in [-0.3, -0.25) is 14.2 Å². The number of aromatic nitrogens is 2. The van der Waals surface area contributed by atoms with Crippen LogP contribution < -0.4 is 10.9 Å². The first-order valence-electron chi connectivity index (χ1n) is 9.33. The van der Waals surface area contributed by atoms with Gasteiger partial charge in [0.15, 0.2) is 9.84 Å². The van der Waals surface area contributed by atoms with Crippen LogP contribution in [-0.4, -0.2) is 30.1 Å². The summed E-state index contributed by atoms with van der Waals surface area (Å²) in [5, 5.41) is 2.96. The Labute approximate surface area is 188 Å². The second kappa shape index (κ2) is 8.11. The molecule has 0 unspecified atom stereocenters. The summed E-state index contributed by atoms with van der Waals surface area (Å²) in [6.07, 6.45) is 4.22. The van der Waals surface area contributed by atoms with E-state index in [0.717, 1.165) is 19.1 Å². The number of amides is 1. The number of hydrogen-bond donors (Lipinski definition) is 1. The molecule has 2 aromatic heterocycles. The molecular weight excluding hydrogens is 461 g/mol. The van der Waals surface area contributed by atoms with Gasteiger partial charge < -0.3 is 5.32 Å². The zero-order valence-electron chi connectivity index (χ0n) is 16.3. The molecule has 10 heteroatoms. The number of halogens is 2. The summed E-state index contributed by atoms with van der Waals surface area (Å²) in [6, 6.07) is 10.5. The first kappa shape index (κ1) is 21.5. The average Bonchev–Trinajstić information content (AvgIpc) is 3.52. The Morgan fingerprint density at radius 3 is 2.42 bits per heavy atom. The molecule has 0 aliphatic heterocycles. The van der Waals surface area contributed by atoms with Crippen molar-refractivity contribution >= 4 is 44.6 Å². The second-order valence-corrected chi connectivity index (χ2v) is 10.1. The van der Waals surface area contributed by atoms with Crippen molar-refractivity contribution in [1.82, 2.24) is 9.55 Å². The molecule has 1 amide bonds. The van der Waals surface area contributed by atoms with E-state index in [4.69, 9.17) is 23.2 Å². The standard InChI is InChI=1S/C21H17Cl2N3O4S/c1-31(29,30)16-4-2-3-15(10-16)26-11-13(7-17(21(26)28)12-5-6-12)20(27)24-14-8-18(22)25-19(23)9-14/h2-4,7-12H,5-6H2,1H3,(H,24,25,27). The number of anilines is 1. The van der Waals surface area contributed by atoms with Crippen LogP contribution in [0, 0.1) is 0 Å². The predicted octanol–water partition coefficient (Wildman–Crippen LogP) is 4.07. The van der Waals surface area contributed by atoms with Crippen molar-refractivity contribution in [3.8, 4) is 5.69 Å². The molecule has 0 saturated heterocycles. The molecule has 0 radical (unpaired) electrons. The van der Waals surface area contributed by atoms with Crippen molar-refractivity contribution in [1.29, 1.82) is 0 Å². The van der Waals surface area contributed by atoms with Gasteiger partial charge in [-0.1, -0.05) is 29.3 Å². The van der Waals surface area contributed by atoms with E-state index in [1.165, 1.54) is 35.0 Å². The Morgan fingerprint density at radius 1 is 1.13 bits per heavy atom. The number of carbonyl (C=O) groups excluding carboxylic acids is 1. The summed E-state index contributed by atoms with van der Waals surface area (Å²) in [5.74, 6) is -0.386. The van der Waals surface area contributed by atoms with E-state index in [2.05, 4.69) is 10.3 Å². The van der Waals surface area contributed by atoms with Gasteiger partial charge in [-0.05, 0) is 55.2 Å². The SMILES string of the molecule is CS(=O)(=O)c1cccc(-n2cc(C(=O)Nc3cc(Cl)nc(Cl)c3)cc(C3CC3)c2=O)c1. The molecule has 0 atom stereocenters. The highest BCUT2D eigenvalue weighted by atomic mass is 35.5. The van der Waals surface area contributed by atoms with Crippen molar-refractivity contribution in [2.24, 2.45) is 0 Å². The number of hydrogen-bond acceptors (Lipinski definition) is 5. The number of pyridine rings is 2. The Balaban J connectivity index is 1.79. The summed E-state index contributed by atoms with van der Waals surface area (Å²) in [7, 11) is -3.46. The minimum absolute atomic E-state index is 0.0782.